The summed E-state index contributed by atoms with van der Waals surface area (Å²) in [6.45, 7) is 0. The van der Waals surface area contributed by atoms with Crippen LogP contribution in [0.4, 0.5) is 5.69 Å². The fourth-order valence-electron chi connectivity index (χ4n) is 2.78. The Morgan fingerprint density at radius 1 is 1.20 bits per heavy atom. The third-order valence-electron chi connectivity index (χ3n) is 3.94. The average Bonchev–Trinajstić information content (AvgIpc) is 3.09. The fraction of sp³-hybridized carbons (Fsp3) is 0.375. The van der Waals surface area contributed by atoms with Crippen LogP contribution in [-0.4, -0.2) is 15.6 Å². The van der Waals surface area contributed by atoms with E-state index in [0.29, 0.717) is 23.7 Å². The lowest BCUT2D eigenvalue weighted by Crippen LogP contribution is -2.08. The number of carbonyl (C=O) groups is 1. The molecule has 1 aliphatic rings. The van der Waals surface area contributed by atoms with E-state index in [4.69, 9.17) is 5.73 Å². The van der Waals surface area contributed by atoms with Gasteiger partial charge in [0.05, 0.1) is 18.2 Å². The Morgan fingerprint density at radius 3 is 2.60 bits per heavy atom. The van der Waals surface area contributed by atoms with Crippen LogP contribution >= 0.6 is 0 Å². The SMILES string of the molecule is Nc1ccc(C(=O)Cc2ccn(C3CCCC3)n2)cc1. The summed E-state index contributed by atoms with van der Waals surface area (Å²) in [6, 6.07) is 9.52. The van der Waals surface area contributed by atoms with Crippen LogP contribution in [0.25, 0.3) is 0 Å². The Kier molecular flexibility index (Phi) is 3.54. The monoisotopic (exact) mass is 269 g/mol. The van der Waals surface area contributed by atoms with Crippen molar-refractivity contribution in [3.63, 3.8) is 0 Å². The molecular formula is C16H19N3O. The normalized spacial score (nSPS) is 15.6. The lowest BCUT2D eigenvalue weighted by Gasteiger charge is -2.08. The molecule has 4 heteroatoms. The second kappa shape index (κ2) is 5.49. The van der Waals surface area contributed by atoms with Gasteiger partial charge in [-0.2, -0.15) is 5.10 Å². The number of benzene rings is 1. The predicted molar refractivity (Wildman–Crippen MR) is 78.6 cm³/mol. The van der Waals surface area contributed by atoms with Crippen LogP contribution in [0.3, 0.4) is 0 Å². The number of carbonyl (C=O) groups excluding carboxylic acids is 1. The van der Waals surface area contributed by atoms with Crippen LogP contribution in [0.15, 0.2) is 36.5 Å². The van der Waals surface area contributed by atoms with Crippen LogP contribution in [-0.2, 0) is 6.42 Å². The van der Waals surface area contributed by atoms with Crippen molar-refractivity contribution in [2.75, 3.05) is 5.73 Å². The zero-order chi connectivity index (χ0) is 13.9. The van der Waals surface area contributed by atoms with Gasteiger partial charge >= 0.3 is 0 Å². The second-order valence-corrected chi connectivity index (χ2v) is 5.45. The minimum Gasteiger partial charge on any atom is -0.399 e. The molecule has 4 nitrogen and oxygen atoms in total. The summed E-state index contributed by atoms with van der Waals surface area (Å²) in [7, 11) is 0. The van der Waals surface area contributed by atoms with E-state index in [2.05, 4.69) is 5.10 Å². The first-order chi connectivity index (χ1) is 9.72. The Hall–Kier alpha value is -2.10. The van der Waals surface area contributed by atoms with Gasteiger partial charge in [0.15, 0.2) is 5.78 Å². The molecule has 2 N–H and O–H groups in total. The van der Waals surface area contributed by atoms with Crippen LogP contribution in [0.1, 0.15) is 47.8 Å². The van der Waals surface area contributed by atoms with E-state index in [-0.39, 0.29) is 5.78 Å². The zero-order valence-corrected chi connectivity index (χ0v) is 11.5. The largest absolute Gasteiger partial charge is 0.399 e. The molecule has 0 amide bonds. The molecule has 0 spiro atoms. The van der Waals surface area contributed by atoms with Gasteiger partial charge in [-0.15, -0.1) is 0 Å². The van der Waals surface area contributed by atoms with Crippen molar-refractivity contribution in [3.05, 3.63) is 47.8 Å². The first-order valence-corrected chi connectivity index (χ1v) is 7.15. The molecule has 0 atom stereocenters. The fourth-order valence-corrected chi connectivity index (χ4v) is 2.78. The van der Waals surface area contributed by atoms with Gasteiger partial charge in [-0.1, -0.05) is 12.8 Å². The number of aromatic nitrogens is 2. The molecule has 1 aromatic carbocycles. The van der Waals surface area contributed by atoms with E-state index < -0.39 is 0 Å². The summed E-state index contributed by atoms with van der Waals surface area (Å²) in [5.41, 5.74) is 7.83. The number of nitrogen functional groups attached to an aromatic ring is 1. The van der Waals surface area contributed by atoms with Gasteiger partial charge < -0.3 is 5.73 Å². The molecular weight excluding hydrogens is 250 g/mol. The maximum Gasteiger partial charge on any atom is 0.168 e. The van der Waals surface area contributed by atoms with Crippen molar-refractivity contribution in [2.45, 2.75) is 38.1 Å². The maximum absolute atomic E-state index is 12.2. The number of nitrogens with two attached hydrogens (primary N) is 1. The highest BCUT2D eigenvalue weighted by molar-refractivity contribution is 5.97. The lowest BCUT2D eigenvalue weighted by atomic mass is 10.1. The molecule has 1 aliphatic carbocycles. The summed E-state index contributed by atoms with van der Waals surface area (Å²) in [6.07, 6.45) is 7.32. The maximum atomic E-state index is 12.2. The smallest absolute Gasteiger partial charge is 0.168 e. The van der Waals surface area contributed by atoms with E-state index in [1.54, 1.807) is 24.3 Å². The molecule has 20 heavy (non-hydrogen) atoms. The molecule has 1 fully saturated rings. The minimum atomic E-state index is 0.0849. The molecule has 0 aliphatic heterocycles. The number of hydrogen-bond donors (Lipinski definition) is 1. The highest BCUT2D eigenvalue weighted by atomic mass is 16.1. The summed E-state index contributed by atoms with van der Waals surface area (Å²) >= 11 is 0. The number of hydrogen-bond acceptors (Lipinski definition) is 3. The van der Waals surface area contributed by atoms with Crippen molar-refractivity contribution < 1.29 is 4.79 Å². The minimum absolute atomic E-state index is 0.0849. The molecule has 1 heterocycles. The first-order valence-electron chi connectivity index (χ1n) is 7.15. The van der Waals surface area contributed by atoms with E-state index in [0.717, 1.165) is 5.69 Å². The van der Waals surface area contributed by atoms with Gasteiger partial charge in [-0.05, 0) is 43.2 Å². The number of ketones is 1. The summed E-state index contributed by atoms with van der Waals surface area (Å²) in [5.74, 6) is 0.0849. The summed E-state index contributed by atoms with van der Waals surface area (Å²) in [5, 5.41) is 4.55. The average molecular weight is 269 g/mol. The van der Waals surface area contributed by atoms with Crippen molar-refractivity contribution in [2.24, 2.45) is 0 Å². The molecule has 0 saturated heterocycles. The standard InChI is InChI=1S/C16H19N3O/c17-13-7-5-12(6-8-13)16(20)11-14-9-10-19(18-14)15-3-1-2-4-15/h5-10,15H,1-4,11,17H2. The molecule has 104 valence electrons. The van der Waals surface area contributed by atoms with Crippen molar-refractivity contribution in [3.8, 4) is 0 Å². The molecule has 0 unspecified atom stereocenters. The Morgan fingerprint density at radius 2 is 1.90 bits per heavy atom. The number of anilines is 1. The molecule has 2 aromatic rings. The van der Waals surface area contributed by atoms with Crippen LogP contribution in [0.2, 0.25) is 0 Å². The van der Waals surface area contributed by atoms with Crippen molar-refractivity contribution in [1.29, 1.82) is 0 Å². The highest BCUT2D eigenvalue weighted by Gasteiger charge is 2.18. The van der Waals surface area contributed by atoms with Crippen LogP contribution in [0.5, 0.6) is 0 Å². The summed E-state index contributed by atoms with van der Waals surface area (Å²) in [4.78, 5) is 12.2. The molecule has 0 radical (unpaired) electrons. The Labute approximate surface area is 118 Å². The van der Waals surface area contributed by atoms with Crippen LogP contribution < -0.4 is 5.73 Å². The van der Waals surface area contributed by atoms with Crippen molar-refractivity contribution in [1.82, 2.24) is 9.78 Å². The van der Waals surface area contributed by atoms with Crippen LogP contribution in [0, 0.1) is 0 Å². The first kappa shape index (κ1) is 12.9. The highest BCUT2D eigenvalue weighted by Crippen LogP contribution is 2.28. The third kappa shape index (κ3) is 2.74. The Balaban J connectivity index is 1.68. The van der Waals surface area contributed by atoms with E-state index in [1.165, 1.54) is 25.7 Å². The van der Waals surface area contributed by atoms with Gasteiger partial charge in [0.1, 0.15) is 0 Å². The number of nitrogens with zero attached hydrogens (tertiary/aromatic N) is 2. The van der Waals surface area contributed by atoms with Gasteiger partial charge in [0, 0.05) is 17.4 Å². The van der Waals surface area contributed by atoms with Gasteiger partial charge in [0.2, 0.25) is 0 Å². The van der Waals surface area contributed by atoms with Gasteiger partial charge in [-0.25, -0.2) is 0 Å². The topological polar surface area (TPSA) is 60.9 Å². The quantitative estimate of drug-likeness (QED) is 0.685. The number of rotatable bonds is 4. The molecule has 0 bridgehead atoms. The zero-order valence-electron chi connectivity index (χ0n) is 11.5. The predicted octanol–water partition coefficient (Wildman–Crippen LogP) is 3.01. The van der Waals surface area contributed by atoms with E-state index in [9.17, 15) is 4.79 Å². The summed E-state index contributed by atoms with van der Waals surface area (Å²) < 4.78 is 2.03. The van der Waals surface area contributed by atoms with E-state index >= 15 is 0 Å². The molecule has 1 saturated carbocycles. The third-order valence-corrected chi connectivity index (χ3v) is 3.94. The van der Waals surface area contributed by atoms with E-state index in [1.807, 2.05) is 16.9 Å². The van der Waals surface area contributed by atoms with Crippen molar-refractivity contribution >= 4 is 11.5 Å². The van der Waals surface area contributed by atoms with Gasteiger partial charge in [-0.3, -0.25) is 9.48 Å². The Bertz CT molecular complexity index is 594. The second-order valence-electron chi connectivity index (χ2n) is 5.45. The number of Topliss-reactive ketones (excluding diaryl/α,β-unsaturated/α-hetero) is 1. The van der Waals surface area contributed by atoms with Gasteiger partial charge in [0.25, 0.3) is 0 Å². The molecule has 1 aromatic heterocycles. The lowest BCUT2D eigenvalue weighted by molar-refractivity contribution is 0.0991. The molecule has 3 rings (SSSR count).